The first-order chi connectivity index (χ1) is 9.63. The van der Waals surface area contributed by atoms with Crippen LogP contribution in [0, 0.1) is 0 Å². The minimum absolute atomic E-state index is 0.174. The fourth-order valence-electron chi connectivity index (χ4n) is 2.02. The highest BCUT2D eigenvalue weighted by Crippen LogP contribution is 2.29. The highest BCUT2D eigenvalue weighted by Gasteiger charge is 2.15. The lowest BCUT2D eigenvalue weighted by Gasteiger charge is -2.18. The van der Waals surface area contributed by atoms with E-state index in [2.05, 4.69) is 42.2 Å². The summed E-state index contributed by atoms with van der Waals surface area (Å²) >= 11 is 7.00. The molecule has 1 unspecified atom stereocenters. The van der Waals surface area contributed by atoms with Crippen LogP contribution in [0.25, 0.3) is 0 Å². The predicted octanol–water partition coefficient (Wildman–Crippen LogP) is 4.12. The van der Waals surface area contributed by atoms with Gasteiger partial charge in [0.15, 0.2) is 0 Å². The van der Waals surface area contributed by atoms with Crippen molar-refractivity contribution in [2.45, 2.75) is 12.5 Å². The number of nitrogens with zero attached hydrogens (tertiary/aromatic N) is 1. The van der Waals surface area contributed by atoms with Crippen LogP contribution in [-0.2, 0) is 6.42 Å². The Labute approximate surface area is 136 Å². The number of methoxy groups -OCH3 is 1. The first kappa shape index (κ1) is 15.5. The third-order valence-corrected chi connectivity index (χ3v) is 4.32. The third kappa shape index (κ3) is 3.81. The molecule has 0 fully saturated rings. The lowest BCUT2D eigenvalue weighted by Crippen LogP contribution is -2.19. The molecule has 1 aromatic heterocycles. The van der Waals surface area contributed by atoms with Gasteiger partial charge in [0.25, 0.3) is 0 Å². The smallest absolute Gasteiger partial charge is 0.119 e. The number of nitrogens with one attached hydrogen (secondary N) is 1. The van der Waals surface area contributed by atoms with Gasteiger partial charge in [0.05, 0.1) is 7.11 Å². The van der Waals surface area contributed by atoms with Crippen LogP contribution in [0.4, 0.5) is 0 Å². The van der Waals surface area contributed by atoms with Crippen LogP contribution in [0.1, 0.15) is 17.3 Å². The van der Waals surface area contributed by atoms with Gasteiger partial charge in [-0.15, -0.1) is 0 Å². The number of ether oxygens (including phenoxy) is 1. The molecular weight excluding hydrogens is 384 g/mol. The van der Waals surface area contributed by atoms with E-state index in [1.54, 1.807) is 7.11 Å². The molecule has 0 aliphatic carbocycles. The number of aromatic nitrogens is 1. The van der Waals surface area contributed by atoms with Crippen molar-refractivity contribution in [2.75, 3.05) is 14.2 Å². The second kappa shape index (κ2) is 7.20. The van der Waals surface area contributed by atoms with E-state index in [0.717, 1.165) is 32.4 Å². The van der Waals surface area contributed by atoms with Gasteiger partial charge in [0, 0.05) is 33.3 Å². The summed E-state index contributed by atoms with van der Waals surface area (Å²) in [6.45, 7) is 0. The number of rotatable bonds is 5. The maximum Gasteiger partial charge on any atom is 0.119 e. The maximum absolute atomic E-state index is 5.30. The fraction of sp³-hybridized carbons (Fsp3) is 0.267. The zero-order chi connectivity index (χ0) is 14.5. The zero-order valence-corrected chi connectivity index (χ0v) is 14.5. The Morgan fingerprint density at radius 1 is 1.25 bits per heavy atom. The van der Waals surface area contributed by atoms with E-state index < -0.39 is 0 Å². The van der Waals surface area contributed by atoms with Crippen molar-refractivity contribution in [2.24, 2.45) is 0 Å². The Bertz CT molecular complexity index is 573. The molecule has 0 saturated heterocycles. The number of halogens is 2. The second-order valence-corrected chi connectivity index (χ2v) is 6.17. The van der Waals surface area contributed by atoms with Crippen LogP contribution < -0.4 is 10.1 Å². The molecule has 0 amide bonds. The second-order valence-electron chi connectivity index (χ2n) is 4.40. The molecule has 0 radical (unpaired) electrons. The van der Waals surface area contributed by atoms with E-state index in [0.29, 0.717) is 0 Å². The van der Waals surface area contributed by atoms with Crippen LogP contribution in [-0.4, -0.2) is 19.1 Å². The molecule has 1 heterocycles. The van der Waals surface area contributed by atoms with Gasteiger partial charge in [-0.25, -0.2) is 0 Å². The fourth-order valence-corrected chi connectivity index (χ4v) is 2.78. The van der Waals surface area contributed by atoms with Crippen LogP contribution >= 0.6 is 31.9 Å². The molecule has 2 rings (SSSR count). The normalized spacial score (nSPS) is 12.2. The summed E-state index contributed by atoms with van der Waals surface area (Å²) in [5.74, 6) is 0.854. The molecule has 20 heavy (non-hydrogen) atoms. The molecule has 0 aliphatic rings. The van der Waals surface area contributed by atoms with Crippen LogP contribution in [0.2, 0.25) is 0 Å². The molecule has 0 aliphatic heterocycles. The number of pyridine rings is 1. The quantitative estimate of drug-likeness (QED) is 0.821. The SMILES string of the molecule is CNC(Cc1ccc(Br)cn1)c1cc(OC)ccc1Br. The minimum Gasteiger partial charge on any atom is -0.497 e. The van der Waals surface area contributed by atoms with Gasteiger partial charge in [-0.2, -0.15) is 0 Å². The number of hydrogen-bond acceptors (Lipinski definition) is 3. The average molecular weight is 400 g/mol. The molecule has 5 heteroatoms. The van der Waals surface area contributed by atoms with Crippen molar-refractivity contribution in [1.82, 2.24) is 10.3 Å². The highest BCUT2D eigenvalue weighted by molar-refractivity contribution is 9.10. The molecule has 1 atom stereocenters. The summed E-state index contributed by atoms with van der Waals surface area (Å²) in [7, 11) is 3.63. The molecule has 106 valence electrons. The maximum atomic E-state index is 5.30. The van der Waals surface area contributed by atoms with E-state index in [1.807, 2.05) is 43.6 Å². The third-order valence-electron chi connectivity index (χ3n) is 3.13. The molecule has 3 nitrogen and oxygen atoms in total. The van der Waals surface area contributed by atoms with E-state index in [4.69, 9.17) is 4.74 Å². The Morgan fingerprint density at radius 3 is 2.65 bits per heavy atom. The van der Waals surface area contributed by atoms with Crippen LogP contribution in [0.5, 0.6) is 5.75 Å². The Hall–Kier alpha value is -0.910. The van der Waals surface area contributed by atoms with Crippen LogP contribution in [0.15, 0.2) is 45.5 Å². The van der Waals surface area contributed by atoms with Crippen molar-refractivity contribution in [3.05, 3.63) is 56.7 Å². The van der Waals surface area contributed by atoms with Gasteiger partial charge in [-0.05, 0) is 58.9 Å². The topological polar surface area (TPSA) is 34.2 Å². The Morgan fingerprint density at radius 2 is 2.05 bits per heavy atom. The van der Waals surface area contributed by atoms with Crippen molar-refractivity contribution in [1.29, 1.82) is 0 Å². The van der Waals surface area contributed by atoms with Gasteiger partial charge >= 0.3 is 0 Å². The van der Waals surface area contributed by atoms with Crippen molar-refractivity contribution in [3.8, 4) is 5.75 Å². The summed E-state index contributed by atoms with van der Waals surface area (Å²) in [5.41, 5.74) is 2.21. The average Bonchev–Trinajstić information content (AvgIpc) is 2.47. The van der Waals surface area contributed by atoms with Crippen molar-refractivity contribution < 1.29 is 4.74 Å². The molecule has 0 saturated carbocycles. The minimum atomic E-state index is 0.174. The number of hydrogen-bond donors (Lipinski definition) is 1. The van der Waals surface area contributed by atoms with Crippen molar-refractivity contribution in [3.63, 3.8) is 0 Å². The van der Waals surface area contributed by atoms with E-state index in [1.165, 1.54) is 0 Å². The summed E-state index contributed by atoms with van der Waals surface area (Å²) in [6.07, 6.45) is 2.64. The van der Waals surface area contributed by atoms with Gasteiger partial charge < -0.3 is 10.1 Å². The summed E-state index contributed by atoms with van der Waals surface area (Å²) in [4.78, 5) is 4.43. The van der Waals surface area contributed by atoms with Crippen LogP contribution in [0.3, 0.4) is 0 Å². The zero-order valence-electron chi connectivity index (χ0n) is 11.4. The lowest BCUT2D eigenvalue weighted by molar-refractivity contribution is 0.413. The van der Waals surface area contributed by atoms with Gasteiger partial charge in [-0.1, -0.05) is 15.9 Å². The van der Waals surface area contributed by atoms with E-state index in [9.17, 15) is 0 Å². The largest absolute Gasteiger partial charge is 0.497 e. The number of likely N-dealkylation sites (N-methyl/N-ethyl adjacent to an activating group) is 1. The monoisotopic (exact) mass is 398 g/mol. The van der Waals surface area contributed by atoms with Gasteiger partial charge in [-0.3, -0.25) is 4.98 Å². The number of benzene rings is 1. The highest BCUT2D eigenvalue weighted by atomic mass is 79.9. The molecule has 2 aromatic rings. The molecule has 1 aromatic carbocycles. The van der Waals surface area contributed by atoms with Gasteiger partial charge in [0.1, 0.15) is 5.75 Å². The first-order valence-electron chi connectivity index (χ1n) is 6.25. The predicted molar refractivity (Wildman–Crippen MR) is 88.1 cm³/mol. The van der Waals surface area contributed by atoms with E-state index >= 15 is 0 Å². The lowest BCUT2D eigenvalue weighted by atomic mass is 10.0. The van der Waals surface area contributed by atoms with Gasteiger partial charge in [0.2, 0.25) is 0 Å². The van der Waals surface area contributed by atoms with Crippen molar-refractivity contribution >= 4 is 31.9 Å². The summed E-state index contributed by atoms with van der Waals surface area (Å²) in [6, 6.07) is 10.2. The molecule has 0 bridgehead atoms. The first-order valence-corrected chi connectivity index (χ1v) is 7.83. The summed E-state index contributed by atoms with van der Waals surface area (Å²) in [5, 5.41) is 3.34. The molecule has 0 spiro atoms. The van der Waals surface area contributed by atoms with E-state index in [-0.39, 0.29) is 6.04 Å². The molecule has 1 N–H and O–H groups in total. The molecular formula is C15H16Br2N2O. The standard InChI is InChI=1S/C15H16Br2N2O/c1-18-15(7-11-4-3-10(16)9-19-11)13-8-12(20-2)5-6-14(13)17/h3-6,8-9,15,18H,7H2,1-2H3. The summed E-state index contributed by atoms with van der Waals surface area (Å²) < 4.78 is 7.36. The Balaban J connectivity index is 2.25. The Kier molecular flexibility index (Phi) is 5.57.